The van der Waals surface area contributed by atoms with Crippen molar-refractivity contribution in [2.45, 2.75) is 19.9 Å². The monoisotopic (exact) mass is 463 g/mol. The number of carbonyl (C=O) groups is 3. The fourth-order valence-corrected chi connectivity index (χ4v) is 4.56. The van der Waals surface area contributed by atoms with E-state index in [1.807, 2.05) is 0 Å². The molecule has 1 aliphatic heterocycles. The topological polar surface area (TPSA) is 95.1 Å². The van der Waals surface area contributed by atoms with Crippen molar-refractivity contribution in [3.63, 3.8) is 0 Å². The number of rotatable bonds is 7. The Balaban J connectivity index is 1.77. The zero-order valence-electron chi connectivity index (χ0n) is 17.3. The lowest BCUT2D eigenvalue weighted by molar-refractivity contribution is -0.126. The molecule has 2 aromatic carbocycles. The first-order valence-corrected chi connectivity index (χ1v) is 11.8. The second-order valence-corrected chi connectivity index (χ2v) is 9.47. The van der Waals surface area contributed by atoms with Gasteiger partial charge in [0.15, 0.2) is 5.78 Å². The number of Topliss-reactive ketones (excluding diaryl/α,β-unsaturated/α-hetero) is 1. The molecule has 1 aliphatic rings. The Labute approximate surface area is 186 Å². The van der Waals surface area contributed by atoms with E-state index in [0.717, 1.165) is 11.2 Å². The van der Waals surface area contributed by atoms with E-state index in [9.17, 15) is 22.8 Å². The predicted molar refractivity (Wildman–Crippen MR) is 119 cm³/mol. The Bertz CT molecular complexity index is 1120. The van der Waals surface area contributed by atoms with Crippen molar-refractivity contribution in [1.29, 1.82) is 0 Å². The molecule has 0 aliphatic carbocycles. The lowest BCUT2D eigenvalue weighted by Gasteiger charge is -2.20. The molecule has 1 atom stereocenters. The fraction of sp³-hybridized carbons (Fsp3) is 0.286. The van der Waals surface area contributed by atoms with Gasteiger partial charge in [0.25, 0.3) is 5.91 Å². The van der Waals surface area contributed by atoms with Gasteiger partial charge < -0.3 is 0 Å². The molecule has 164 valence electrons. The molecule has 3 amide bonds. The van der Waals surface area contributed by atoms with Gasteiger partial charge in [0, 0.05) is 22.8 Å². The van der Waals surface area contributed by atoms with Gasteiger partial charge in [0.05, 0.1) is 18.5 Å². The molecular weight excluding hydrogens is 442 g/mol. The second-order valence-electron chi connectivity index (χ2n) is 7.13. The number of urea groups is 1. The molecule has 0 saturated carbocycles. The first-order chi connectivity index (χ1) is 14.5. The molecule has 1 unspecified atom stereocenters. The van der Waals surface area contributed by atoms with E-state index < -0.39 is 40.3 Å². The SMILES string of the molecule is CCN(c1ccc(C(=O)CN2C(=O)C(C)N(c3ccc(Cl)cc3)C2=O)cc1)S(C)(=O)=O. The number of anilines is 2. The van der Waals surface area contributed by atoms with Crippen molar-refractivity contribution in [3.05, 3.63) is 59.1 Å². The second kappa shape index (κ2) is 8.68. The lowest BCUT2D eigenvalue weighted by atomic mass is 10.1. The molecule has 8 nitrogen and oxygen atoms in total. The summed E-state index contributed by atoms with van der Waals surface area (Å²) in [6.45, 7) is 3.15. The summed E-state index contributed by atoms with van der Waals surface area (Å²) in [4.78, 5) is 40.4. The third kappa shape index (κ3) is 4.57. The number of amides is 3. The minimum Gasteiger partial charge on any atom is -0.292 e. The Morgan fingerprint density at radius 2 is 1.65 bits per heavy atom. The lowest BCUT2D eigenvalue weighted by Crippen LogP contribution is -2.37. The van der Waals surface area contributed by atoms with Crippen LogP contribution in [-0.4, -0.2) is 56.4 Å². The van der Waals surface area contributed by atoms with Crippen LogP contribution in [-0.2, 0) is 14.8 Å². The summed E-state index contributed by atoms with van der Waals surface area (Å²) in [6.07, 6.45) is 1.10. The van der Waals surface area contributed by atoms with E-state index in [4.69, 9.17) is 11.6 Å². The van der Waals surface area contributed by atoms with Gasteiger partial charge in [-0.05, 0) is 62.4 Å². The van der Waals surface area contributed by atoms with Gasteiger partial charge in [-0.1, -0.05) is 11.6 Å². The molecule has 0 aromatic heterocycles. The molecule has 31 heavy (non-hydrogen) atoms. The largest absolute Gasteiger partial charge is 0.332 e. The Morgan fingerprint density at radius 3 is 2.16 bits per heavy atom. The standard InChI is InChI=1S/C21H22ClN3O5S/c1-4-24(31(3,29)30)17-9-5-15(6-10-17)19(26)13-23-20(27)14(2)25(21(23)28)18-11-7-16(22)8-12-18/h5-12,14H,4,13H2,1-3H3. The highest BCUT2D eigenvalue weighted by Crippen LogP contribution is 2.27. The van der Waals surface area contributed by atoms with Crippen LogP contribution in [0.2, 0.25) is 5.02 Å². The maximum Gasteiger partial charge on any atom is 0.332 e. The number of halogens is 1. The summed E-state index contributed by atoms with van der Waals surface area (Å²) in [5.74, 6) is -0.903. The van der Waals surface area contributed by atoms with E-state index in [1.54, 1.807) is 38.1 Å². The minimum atomic E-state index is -3.44. The Morgan fingerprint density at radius 1 is 1.06 bits per heavy atom. The van der Waals surface area contributed by atoms with Crippen LogP contribution in [0.1, 0.15) is 24.2 Å². The van der Waals surface area contributed by atoms with Crippen LogP contribution in [0.25, 0.3) is 0 Å². The van der Waals surface area contributed by atoms with Crippen LogP contribution in [0.15, 0.2) is 48.5 Å². The first kappa shape index (κ1) is 22.8. The summed E-state index contributed by atoms with van der Waals surface area (Å²) in [7, 11) is -3.44. The number of carbonyl (C=O) groups excluding carboxylic acids is 3. The molecular formula is C21H22ClN3O5S. The third-order valence-corrected chi connectivity index (χ3v) is 6.54. The molecule has 0 spiro atoms. The smallest absolute Gasteiger partial charge is 0.292 e. The van der Waals surface area contributed by atoms with Gasteiger partial charge >= 0.3 is 6.03 Å². The fourth-order valence-electron chi connectivity index (χ4n) is 3.46. The molecule has 10 heteroatoms. The molecule has 1 fully saturated rings. The average Bonchev–Trinajstić information content (AvgIpc) is 2.92. The molecule has 1 heterocycles. The van der Waals surface area contributed by atoms with Gasteiger partial charge in [-0.25, -0.2) is 13.2 Å². The van der Waals surface area contributed by atoms with Crippen molar-refractivity contribution in [3.8, 4) is 0 Å². The third-order valence-electron chi connectivity index (χ3n) is 5.02. The van der Waals surface area contributed by atoms with E-state index >= 15 is 0 Å². The first-order valence-electron chi connectivity index (χ1n) is 9.55. The number of imide groups is 1. The van der Waals surface area contributed by atoms with Crippen molar-refractivity contribution in [2.75, 3.05) is 28.6 Å². The normalized spacial score (nSPS) is 16.7. The van der Waals surface area contributed by atoms with E-state index in [-0.39, 0.29) is 12.1 Å². The van der Waals surface area contributed by atoms with Crippen molar-refractivity contribution in [2.24, 2.45) is 0 Å². The Hall–Kier alpha value is -2.91. The molecule has 3 rings (SSSR count). The summed E-state index contributed by atoms with van der Waals surface area (Å²) >= 11 is 5.89. The van der Waals surface area contributed by atoms with Crippen LogP contribution in [0.5, 0.6) is 0 Å². The van der Waals surface area contributed by atoms with Crippen LogP contribution >= 0.6 is 11.6 Å². The molecule has 1 saturated heterocycles. The number of hydrogen-bond acceptors (Lipinski definition) is 5. The molecule has 2 aromatic rings. The highest BCUT2D eigenvalue weighted by molar-refractivity contribution is 7.92. The highest BCUT2D eigenvalue weighted by Gasteiger charge is 2.44. The number of ketones is 1. The van der Waals surface area contributed by atoms with Gasteiger partial charge in [0.2, 0.25) is 10.0 Å². The van der Waals surface area contributed by atoms with Crippen LogP contribution in [0.3, 0.4) is 0 Å². The van der Waals surface area contributed by atoms with Crippen LogP contribution < -0.4 is 9.21 Å². The number of hydrogen-bond donors (Lipinski definition) is 0. The number of sulfonamides is 1. The van der Waals surface area contributed by atoms with Crippen molar-refractivity contribution >= 4 is 50.7 Å². The molecule has 0 radical (unpaired) electrons. The summed E-state index contributed by atoms with van der Waals surface area (Å²) < 4.78 is 24.9. The highest BCUT2D eigenvalue weighted by atomic mass is 35.5. The molecule has 0 N–H and O–H groups in total. The predicted octanol–water partition coefficient (Wildman–Crippen LogP) is 3.17. The minimum absolute atomic E-state index is 0.251. The number of benzene rings is 2. The van der Waals surface area contributed by atoms with Gasteiger partial charge in [-0.2, -0.15) is 0 Å². The summed E-state index contributed by atoms with van der Waals surface area (Å²) in [5.41, 5.74) is 1.21. The zero-order chi connectivity index (χ0) is 22.9. The van der Waals surface area contributed by atoms with E-state index in [2.05, 4.69) is 0 Å². The van der Waals surface area contributed by atoms with Gasteiger partial charge in [0.1, 0.15) is 6.04 Å². The van der Waals surface area contributed by atoms with Crippen LogP contribution in [0, 0.1) is 0 Å². The maximum atomic E-state index is 12.8. The summed E-state index contributed by atoms with van der Waals surface area (Å²) in [6, 6.07) is 11.2. The molecule has 0 bridgehead atoms. The summed E-state index contributed by atoms with van der Waals surface area (Å²) in [5, 5.41) is 0.502. The van der Waals surface area contributed by atoms with Crippen molar-refractivity contribution < 1.29 is 22.8 Å². The maximum absolute atomic E-state index is 12.8. The quantitative estimate of drug-likeness (QED) is 0.464. The average molecular weight is 464 g/mol. The van der Waals surface area contributed by atoms with Crippen molar-refractivity contribution in [1.82, 2.24) is 4.90 Å². The van der Waals surface area contributed by atoms with Gasteiger partial charge in [-0.3, -0.25) is 23.7 Å². The van der Waals surface area contributed by atoms with E-state index in [0.29, 0.717) is 16.4 Å². The van der Waals surface area contributed by atoms with Gasteiger partial charge in [-0.15, -0.1) is 0 Å². The van der Waals surface area contributed by atoms with Crippen LogP contribution in [0.4, 0.5) is 16.2 Å². The zero-order valence-corrected chi connectivity index (χ0v) is 18.9. The Kier molecular flexibility index (Phi) is 6.38. The van der Waals surface area contributed by atoms with E-state index in [1.165, 1.54) is 33.5 Å². The number of nitrogens with zero attached hydrogens (tertiary/aromatic N) is 3.